The molecule has 0 unspecified atom stereocenters. The molecule has 2 rings (SSSR count). The molecule has 0 aromatic heterocycles. The maximum Gasteiger partial charge on any atom is 0.242 e. The van der Waals surface area contributed by atoms with Gasteiger partial charge in [-0.2, -0.15) is 0 Å². The normalized spacial score (nSPS) is 11.8. The molecule has 0 aliphatic carbocycles. The fourth-order valence-electron chi connectivity index (χ4n) is 2.82. The van der Waals surface area contributed by atoms with Gasteiger partial charge in [-0.1, -0.05) is 66.0 Å². The molecule has 0 radical (unpaired) electrons. The first-order valence-electron chi connectivity index (χ1n) is 9.39. The SMILES string of the molecule is CCCNC(=O)[C@@H](C)N(Cc1ccc(C)cc1)C(=O)Cc1c(Cl)cccc1Cl. The molecule has 2 aromatic carbocycles. The summed E-state index contributed by atoms with van der Waals surface area (Å²) in [7, 11) is 0. The summed E-state index contributed by atoms with van der Waals surface area (Å²) in [5.41, 5.74) is 2.67. The van der Waals surface area contributed by atoms with Crippen LogP contribution in [0.25, 0.3) is 0 Å². The fourth-order valence-corrected chi connectivity index (χ4v) is 3.35. The van der Waals surface area contributed by atoms with Crippen molar-refractivity contribution in [1.29, 1.82) is 0 Å². The van der Waals surface area contributed by atoms with Crippen LogP contribution in [0.1, 0.15) is 37.0 Å². The summed E-state index contributed by atoms with van der Waals surface area (Å²) in [5, 5.41) is 3.75. The maximum absolute atomic E-state index is 13.1. The van der Waals surface area contributed by atoms with E-state index in [-0.39, 0.29) is 18.2 Å². The number of halogens is 2. The molecule has 0 saturated heterocycles. The molecule has 6 heteroatoms. The Morgan fingerprint density at radius 1 is 1.07 bits per heavy atom. The summed E-state index contributed by atoms with van der Waals surface area (Å²) in [6, 6.07) is 12.5. The minimum atomic E-state index is -0.610. The largest absolute Gasteiger partial charge is 0.354 e. The van der Waals surface area contributed by atoms with Gasteiger partial charge in [-0.05, 0) is 43.5 Å². The monoisotopic (exact) mass is 420 g/mol. The molecule has 0 heterocycles. The van der Waals surface area contributed by atoms with Crippen LogP contribution < -0.4 is 5.32 Å². The van der Waals surface area contributed by atoms with Gasteiger partial charge in [0.15, 0.2) is 0 Å². The summed E-state index contributed by atoms with van der Waals surface area (Å²) in [6.45, 7) is 6.64. The van der Waals surface area contributed by atoms with E-state index in [1.807, 2.05) is 38.1 Å². The minimum absolute atomic E-state index is 0.0375. The number of nitrogens with one attached hydrogen (secondary N) is 1. The van der Waals surface area contributed by atoms with Gasteiger partial charge in [0, 0.05) is 23.1 Å². The van der Waals surface area contributed by atoms with Crippen molar-refractivity contribution in [1.82, 2.24) is 10.2 Å². The molecule has 0 fully saturated rings. The smallest absolute Gasteiger partial charge is 0.242 e. The molecule has 4 nitrogen and oxygen atoms in total. The standard InChI is InChI=1S/C22H26Cl2N2O2/c1-4-12-25-22(28)16(3)26(14-17-10-8-15(2)9-11-17)21(27)13-18-19(23)6-5-7-20(18)24/h5-11,16H,4,12-14H2,1-3H3,(H,25,28)/t16-/m1/s1. The van der Waals surface area contributed by atoms with E-state index in [4.69, 9.17) is 23.2 Å². The summed E-state index contributed by atoms with van der Waals surface area (Å²) in [6.07, 6.45) is 0.870. The van der Waals surface area contributed by atoms with Crippen LogP contribution in [-0.4, -0.2) is 29.3 Å². The molecule has 150 valence electrons. The van der Waals surface area contributed by atoms with Crippen LogP contribution in [0.3, 0.4) is 0 Å². The van der Waals surface area contributed by atoms with Gasteiger partial charge >= 0.3 is 0 Å². The Balaban J connectivity index is 2.26. The zero-order chi connectivity index (χ0) is 20.7. The molecule has 0 saturated carbocycles. The number of carbonyl (C=O) groups is 2. The van der Waals surface area contributed by atoms with Crippen molar-refractivity contribution < 1.29 is 9.59 Å². The van der Waals surface area contributed by atoms with Crippen molar-refractivity contribution in [2.75, 3.05) is 6.54 Å². The van der Waals surface area contributed by atoms with E-state index in [0.717, 1.165) is 17.5 Å². The highest BCUT2D eigenvalue weighted by Crippen LogP contribution is 2.26. The highest BCUT2D eigenvalue weighted by Gasteiger charge is 2.27. The van der Waals surface area contributed by atoms with E-state index in [2.05, 4.69) is 5.32 Å². The van der Waals surface area contributed by atoms with Crippen molar-refractivity contribution >= 4 is 35.0 Å². The van der Waals surface area contributed by atoms with Crippen LogP contribution >= 0.6 is 23.2 Å². The topological polar surface area (TPSA) is 49.4 Å². The second-order valence-corrected chi connectivity index (χ2v) is 7.67. The van der Waals surface area contributed by atoms with Gasteiger partial charge in [0.05, 0.1) is 6.42 Å². The zero-order valence-corrected chi connectivity index (χ0v) is 18.0. The predicted molar refractivity (Wildman–Crippen MR) is 115 cm³/mol. The number of aryl methyl sites for hydroxylation is 1. The lowest BCUT2D eigenvalue weighted by Crippen LogP contribution is -2.48. The summed E-state index contributed by atoms with van der Waals surface area (Å²) in [5.74, 6) is -0.373. The number of nitrogens with zero attached hydrogens (tertiary/aromatic N) is 1. The van der Waals surface area contributed by atoms with E-state index < -0.39 is 6.04 Å². The van der Waals surface area contributed by atoms with E-state index in [0.29, 0.717) is 28.7 Å². The minimum Gasteiger partial charge on any atom is -0.354 e. The molecule has 0 bridgehead atoms. The van der Waals surface area contributed by atoms with Gasteiger partial charge in [0.1, 0.15) is 6.04 Å². The Morgan fingerprint density at radius 3 is 2.25 bits per heavy atom. The summed E-state index contributed by atoms with van der Waals surface area (Å²) in [4.78, 5) is 27.2. The van der Waals surface area contributed by atoms with Crippen LogP contribution in [0.2, 0.25) is 10.0 Å². The first-order chi connectivity index (χ1) is 13.3. The molecule has 2 aromatic rings. The van der Waals surface area contributed by atoms with Crippen LogP contribution in [-0.2, 0) is 22.6 Å². The molecular formula is C22H26Cl2N2O2. The fraction of sp³-hybridized carbons (Fsp3) is 0.364. The molecule has 0 spiro atoms. The van der Waals surface area contributed by atoms with Gasteiger partial charge in [-0.3, -0.25) is 9.59 Å². The van der Waals surface area contributed by atoms with Crippen molar-refractivity contribution in [3.8, 4) is 0 Å². The van der Waals surface area contributed by atoms with E-state index in [1.54, 1.807) is 30.0 Å². The molecular weight excluding hydrogens is 395 g/mol. The second-order valence-electron chi connectivity index (χ2n) is 6.85. The van der Waals surface area contributed by atoms with Crippen molar-refractivity contribution in [3.05, 3.63) is 69.2 Å². The van der Waals surface area contributed by atoms with Gasteiger partial charge in [0.2, 0.25) is 11.8 Å². The van der Waals surface area contributed by atoms with Crippen LogP contribution in [0.4, 0.5) is 0 Å². The number of carbonyl (C=O) groups excluding carboxylic acids is 2. The highest BCUT2D eigenvalue weighted by molar-refractivity contribution is 6.36. The molecule has 0 aliphatic rings. The lowest BCUT2D eigenvalue weighted by atomic mass is 10.1. The Morgan fingerprint density at radius 2 is 1.68 bits per heavy atom. The average Bonchev–Trinajstić information content (AvgIpc) is 2.67. The van der Waals surface area contributed by atoms with Crippen molar-refractivity contribution in [2.24, 2.45) is 0 Å². The highest BCUT2D eigenvalue weighted by atomic mass is 35.5. The Kier molecular flexibility index (Phi) is 8.34. The van der Waals surface area contributed by atoms with Gasteiger partial charge in [-0.25, -0.2) is 0 Å². The average molecular weight is 421 g/mol. The lowest BCUT2D eigenvalue weighted by molar-refractivity contribution is -0.140. The molecule has 2 amide bonds. The zero-order valence-electron chi connectivity index (χ0n) is 16.5. The predicted octanol–water partition coefficient (Wildman–Crippen LogP) is 4.79. The molecule has 1 atom stereocenters. The van der Waals surface area contributed by atoms with Crippen molar-refractivity contribution in [3.63, 3.8) is 0 Å². The first-order valence-corrected chi connectivity index (χ1v) is 10.1. The van der Waals surface area contributed by atoms with Gasteiger partial charge in [0.25, 0.3) is 0 Å². The number of rotatable bonds is 8. The van der Waals surface area contributed by atoms with E-state index in [1.165, 1.54) is 0 Å². The third-order valence-corrected chi connectivity index (χ3v) is 5.29. The Bertz CT molecular complexity index is 802. The summed E-state index contributed by atoms with van der Waals surface area (Å²) >= 11 is 12.5. The third kappa shape index (κ3) is 5.98. The third-order valence-electron chi connectivity index (χ3n) is 4.58. The van der Waals surface area contributed by atoms with Gasteiger partial charge in [-0.15, -0.1) is 0 Å². The van der Waals surface area contributed by atoms with Crippen LogP contribution in [0.15, 0.2) is 42.5 Å². The second kappa shape index (κ2) is 10.5. The number of amides is 2. The number of hydrogen-bond acceptors (Lipinski definition) is 2. The molecule has 0 aliphatic heterocycles. The maximum atomic E-state index is 13.1. The van der Waals surface area contributed by atoms with E-state index >= 15 is 0 Å². The number of benzene rings is 2. The van der Waals surface area contributed by atoms with Crippen LogP contribution in [0, 0.1) is 6.92 Å². The van der Waals surface area contributed by atoms with Gasteiger partial charge < -0.3 is 10.2 Å². The van der Waals surface area contributed by atoms with E-state index in [9.17, 15) is 9.59 Å². The van der Waals surface area contributed by atoms with Crippen molar-refractivity contribution in [2.45, 2.75) is 46.2 Å². The first kappa shape index (κ1) is 22.3. The Hall–Kier alpha value is -2.04. The van der Waals surface area contributed by atoms with Crippen LogP contribution in [0.5, 0.6) is 0 Å². The quantitative estimate of drug-likeness (QED) is 0.667. The molecule has 1 N–H and O–H groups in total. The molecule has 28 heavy (non-hydrogen) atoms. The Labute approximate surface area is 176 Å². The number of hydrogen-bond donors (Lipinski definition) is 1. The lowest BCUT2D eigenvalue weighted by Gasteiger charge is -2.29. The summed E-state index contributed by atoms with van der Waals surface area (Å²) < 4.78 is 0.